The molecule has 0 saturated heterocycles. The number of nitriles is 1. The number of hydrogen-bond acceptors (Lipinski definition) is 4. The topological polar surface area (TPSA) is 50.1 Å². The molecule has 0 atom stereocenters. The minimum absolute atomic E-state index is 0.111. The van der Waals surface area contributed by atoms with E-state index in [1.807, 2.05) is 5.40 Å². The Morgan fingerprint density at radius 1 is 1.50 bits per heavy atom. The molecule has 4 heteroatoms. The molecule has 0 saturated carbocycles. The van der Waals surface area contributed by atoms with Gasteiger partial charge in [-0.2, -0.15) is 5.26 Å². The third kappa shape index (κ3) is 1.59. The number of nitrogens with zero attached hydrogens (tertiary/aromatic N) is 1. The highest BCUT2D eigenvalue weighted by molar-refractivity contribution is 8.03. The van der Waals surface area contributed by atoms with Crippen molar-refractivity contribution in [2.24, 2.45) is 0 Å². The van der Waals surface area contributed by atoms with Gasteiger partial charge in [-0.1, -0.05) is 0 Å². The Morgan fingerprint density at radius 3 is 3.14 bits per heavy atom. The Bertz CT molecular complexity index is 423. The van der Waals surface area contributed by atoms with E-state index in [2.05, 4.69) is 0 Å². The summed E-state index contributed by atoms with van der Waals surface area (Å²) < 4.78 is 5.34. The maximum absolute atomic E-state index is 11.4. The van der Waals surface area contributed by atoms with Gasteiger partial charge in [0.1, 0.15) is 11.2 Å². The minimum Gasteiger partial charge on any atom is -0.492 e. The van der Waals surface area contributed by atoms with Crippen LogP contribution in [-0.4, -0.2) is 12.4 Å². The number of ketones is 1. The molecular weight excluding hydrogens is 198 g/mol. The molecule has 0 aromatic heterocycles. The van der Waals surface area contributed by atoms with Gasteiger partial charge < -0.3 is 4.74 Å². The van der Waals surface area contributed by atoms with Crippen LogP contribution in [0.4, 0.5) is 0 Å². The summed E-state index contributed by atoms with van der Waals surface area (Å²) in [5, 5.41) is 10.5. The monoisotopic (exact) mass is 205 g/mol. The largest absolute Gasteiger partial charge is 0.492 e. The summed E-state index contributed by atoms with van der Waals surface area (Å²) in [7, 11) is 0. The van der Waals surface area contributed by atoms with E-state index in [0.717, 1.165) is 16.7 Å². The average molecular weight is 205 g/mol. The quantitative estimate of drug-likeness (QED) is 0.521. The van der Waals surface area contributed by atoms with Crippen molar-refractivity contribution in [3.8, 4) is 11.2 Å². The van der Waals surface area contributed by atoms with Crippen molar-refractivity contribution >= 4 is 17.5 Å². The van der Waals surface area contributed by atoms with Gasteiger partial charge >= 0.3 is 0 Å². The van der Waals surface area contributed by atoms with E-state index in [9.17, 15) is 4.79 Å². The fraction of sp³-hybridized carbons (Fsp3) is 0.200. The first-order valence-electron chi connectivity index (χ1n) is 4.17. The number of carbonyl (C=O) groups is 1. The highest BCUT2D eigenvalue weighted by Gasteiger charge is 2.18. The van der Waals surface area contributed by atoms with Crippen molar-refractivity contribution in [3.05, 3.63) is 23.8 Å². The van der Waals surface area contributed by atoms with E-state index in [4.69, 9.17) is 10.00 Å². The van der Waals surface area contributed by atoms with Gasteiger partial charge in [0.05, 0.1) is 12.2 Å². The molecule has 1 aliphatic heterocycles. The molecule has 0 unspecified atom stereocenters. The van der Waals surface area contributed by atoms with Crippen LogP contribution in [0, 0.1) is 10.7 Å². The fourth-order valence-corrected chi connectivity index (χ4v) is 1.76. The number of thiocyanates is 1. The van der Waals surface area contributed by atoms with Gasteiger partial charge in [-0.05, 0) is 30.0 Å². The number of ether oxygens (including phenoxy) is 1. The maximum atomic E-state index is 11.4. The van der Waals surface area contributed by atoms with Gasteiger partial charge in [0.15, 0.2) is 5.78 Å². The molecule has 1 aromatic carbocycles. The highest BCUT2D eigenvalue weighted by Crippen LogP contribution is 2.29. The number of carbonyl (C=O) groups excluding carboxylic acids is 1. The van der Waals surface area contributed by atoms with Gasteiger partial charge in [0.2, 0.25) is 0 Å². The number of hydrogen-bond donors (Lipinski definition) is 0. The van der Waals surface area contributed by atoms with Crippen LogP contribution in [0.3, 0.4) is 0 Å². The van der Waals surface area contributed by atoms with Gasteiger partial charge in [-0.15, -0.1) is 0 Å². The molecule has 1 heterocycles. The molecule has 0 aliphatic carbocycles. The summed E-state index contributed by atoms with van der Waals surface area (Å²) in [6.07, 6.45) is 0.442. The number of thioether (sulfide) groups is 1. The molecule has 2 rings (SSSR count). The number of fused-ring (bicyclic) bond motifs is 1. The zero-order valence-corrected chi connectivity index (χ0v) is 8.13. The van der Waals surface area contributed by atoms with Crippen LogP contribution in [-0.2, 0) is 0 Å². The molecule has 0 fully saturated rings. The van der Waals surface area contributed by atoms with E-state index in [1.165, 1.54) is 0 Å². The molecule has 0 bridgehead atoms. The van der Waals surface area contributed by atoms with Gasteiger partial charge in [0, 0.05) is 11.3 Å². The molecule has 0 spiro atoms. The van der Waals surface area contributed by atoms with E-state index in [-0.39, 0.29) is 5.78 Å². The van der Waals surface area contributed by atoms with Gasteiger partial charge in [-0.3, -0.25) is 4.79 Å². The van der Waals surface area contributed by atoms with E-state index < -0.39 is 0 Å². The summed E-state index contributed by atoms with van der Waals surface area (Å²) in [6.45, 7) is 0.437. The summed E-state index contributed by atoms with van der Waals surface area (Å²) in [6, 6.07) is 5.22. The van der Waals surface area contributed by atoms with E-state index >= 15 is 0 Å². The van der Waals surface area contributed by atoms with Gasteiger partial charge in [0.25, 0.3) is 0 Å². The Balaban J connectivity index is 2.40. The first-order valence-corrected chi connectivity index (χ1v) is 4.99. The summed E-state index contributed by atoms with van der Waals surface area (Å²) >= 11 is 1.06. The molecule has 3 nitrogen and oxygen atoms in total. The van der Waals surface area contributed by atoms with Crippen molar-refractivity contribution in [1.29, 1.82) is 5.26 Å². The lowest BCUT2D eigenvalue weighted by molar-refractivity contribution is 0.0933. The fourth-order valence-electron chi connectivity index (χ4n) is 1.36. The Labute approximate surface area is 85.7 Å². The third-order valence-corrected chi connectivity index (χ3v) is 2.58. The van der Waals surface area contributed by atoms with Crippen LogP contribution in [0.25, 0.3) is 0 Å². The maximum Gasteiger partial charge on any atom is 0.169 e. The third-order valence-electron chi connectivity index (χ3n) is 2.00. The van der Waals surface area contributed by atoms with Crippen molar-refractivity contribution in [2.75, 3.05) is 6.61 Å². The molecular formula is C10H7NO2S. The summed E-state index contributed by atoms with van der Waals surface area (Å²) in [4.78, 5) is 12.2. The van der Waals surface area contributed by atoms with Crippen LogP contribution < -0.4 is 4.74 Å². The Hall–Kier alpha value is -1.47. The second kappa shape index (κ2) is 3.72. The van der Waals surface area contributed by atoms with Crippen LogP contribution >= 0.6 is 11.8 Å². The number of benzene rings is 1. The standard InChI is InChI=1S/C10H7NO2S/c11-6-14-7-1-2-8-9(12)3-4-13-10(8)5-7/h1-2,5H,3-4H2. The molecule has 70 valence electrons. The van der Waals surface area contributed by atoms with Crippen LogP contribution in [0.15, 0.2) is 23.1 Å². The predicted octanol–water partition coefficient (Wildman–Crippen LogP) is 2.22. The zero-order valence-electron chi connectivity index (χ0n) is 7.32. The van der Waals surface area contributed by atoms with Crippen LogP contribution in [0.2, 0.25) is 0 Å². The predicted molar refractivity (Wildman–Crippen MR) is 52.4 cm³/mol. The second-order valence-electron chi connectivity index (χ2n) is 2.87. The summed E-state index contributed by atoms with van der Waals surface area (Å²) in [5.41, 5.74) is 0.624. The van der Waals surface area contributed by atoms with Crippen molar-refractivity contribution < 1.29 is 9.53 Å². The molecule has 14 heavy (non-hydrogen) atoms. The number of Topliss-reactive ketones (excluding diaryl/α,β-unsaturated/α-hetero) is 1. The van der Waals surface area contributed by atoms with E-state index in [0.29, 0.717) is 24.3 Å². The first kappa shape index (κ1) is 9.10. The lowest BCUT2D eigenvalue weighted by Gasteiger charge is -2.16. The molecule has 1 aromatic rings. The molecule has 0 radical (unpaired) electrons. The van der Waals surface area contributed by atoms with Crippen LogP contribution in [0.5, 0.6) is 5.75 Å². The Kier molecular flexibility index (Phi) is 2.42. The smallest absolute Gasteiger partial charge is 0.169 e. The molecule has 1 aliphatic rings. The molecule has 0 N–H and O–H groups in total. The van der Waals surface area contributed by atoms with Crippen molar-refractivity contribution in [2.45, 2.75) is 11.3 Å². The lowest BCUT2D eigenvalue weighted by Crippen LogP contribution is -2.14. The first-order chi connectivity index (χ1) is 6.81. The highest BCUT2D eigenvalue weighted by atomic mass is 32.2. The van der Waals surface area contributed by atoms with Crippen molar-refractivity contribution in [1.82, 2.24) is 0 Å². The van der Waals surface area contributed by atoms with Crippen LogP contribution in [0.1, 0.15) is 16.8 Å². The zero-order chi connectivity index (χ0) is 9.97. The Morgan fingerprint density at radius 2 is 2.36 bits per heavy atom. The number of rotatable bonds is 1. The SMILES string of the molecule is N#CSc1ccc2c(c1)OCCC2=O. The van der Waals surface area contributed by atoms with Gasteiger partial charge in [-0.25, -0.2) is 0 Å². The van der Waals surface area contributed by atoms with E-state index in [1.54, 1.807) is 18.2 Å². The minimum atomic E-state index is 0.111. The normalized spacial score (nSPS) is 14.1. The van der Waals surface area contributed by atoms with Crippen molar-refractivity contribution in [3.63, 3.8) is 0 Å². The average Bonchev–Trinajstić information content (AvgIpc) is 2.18. The lowest BCUT2D eigenvalue weighted by atomic mass is 10.1. The second-order valence-corrected chi connectivity index (χ2v) is 3.73. The molecule has 0 amide bonds. The summed E-state index contributed by atoms with van der Waals surface area (Å²) in [5.74, 6) is 0.709.